The van der Waals surface area contributed by atoms with Gasteiger partial charge in [-0.25, -0.2) is 4.39 Å². The second-order valence-electron chi connectivity index (χ2n) is 5.31. The molecule has 1 aromatic carbocycles. The fraction of sp³-hybridized carbons (Fsp3) is 0.533. The number of likely N-dealkylation sites (tertiary alicyclic amines) is 1. The van der Waals surface area contributed by atoms with E-state index in [4.69, 9.17) is 5.73 Å². The van der Waals surface area contributed by atoms with Gasteiger partial charge in [0.25, 0.3) is 0 Å². The molecule has 104 valence electrons. The van der Waals surface area contributed by atoms with E-state index in [1.807, 2.05) is 19.1 Å². The highest BCUT2D eigenvalue weighted by molar-refractivity contribution is 5.79. The Balaban J connectivity index is 1.91. The molecule has 0 saturated carbocycles. The molecule has 1 aliphatic heterocycles. The Kier molecular flexibility index (Phi) is 4.53. The van der Waals surface area contributed by atoms with Crippen LogP contribution in [0.1, 0.15) is 25.3 Å². The van der Waals surface area contributed by atoms with Gasteiger partial charge in [0.1, 0.15) is 5.82 Å². The minimum absolute atomic E-state index is 0.141. The number of carbonyl (C=O) groups excluding carboxylic acids is 1. The molecule has 2 rings (SSSR count). The molecule has 1 fully saturated rings. The summed E-state index contributed by atoms with van der Waals surface area (Å²) in [4.78, 5) is 13.5. The first-order valence-corrected chi connectivity index (χ1v) is 6.88. The van der Waals surface area contributed by atoms with Gasteiger partial charge in [0.05, 0.1) is 6.04 Å². The van der Waals surface area contributed by atoms with Crippen molar-refractivity contribution in [3.8, 4) is 0 Å². The molecule has 4 heteroatoms. The van der Waals surface area contributed by atoms with Gasteiger partial charge in [0, 0.05) is 6.54 Å². The van der Waals surface area contributed by atoms with Crippen molar-refractivity contribution in [2.45, 2.75) is 32.2 Å². The molecular weight excluding hydrogens is 243 g/mol. The van der Waals surface area contributed by atoms with E-state index >= 15 is 0 Å². The van der Waals surface area contributed by atoms with Crippen molar-refractivity contribution in [2.75, 3.05) is 13.1 Å². The number of carbonyl (C=O) groups is 1. The fourth-order valence-electron chi connectivity index (χ4n) is 2.91. The van der Waals surface area contributed by atoms with Gasteiger partial charge in [-0.05, 0) is 49.4 Å². The van der Waals surface area contributed by atoms with E-state index < -0.39 is 0 Å². The van der Waals surface area contributed by atoms with Crippen molar-refractivity contribution in [1.82, 2.24) is 4.90 Å². The number of nitrogens with two attached hydrogens (primary N) is 1. The molecule has 1 saturated heterocycles. The van der Waals surface area contributed by atoms with E-state index in [2.05, 4.69) is 4.90 Å². The molecule has 0 spiro atoms. The zero-order chi connectivity index (χ0) is 13.8. The Morgan fingerprint density at radius 1 is 1.47 bits per heavy atom. The molecule has 1 aromatic rings. The van der Waals surface area contributed by atoms with Gasteiger partial charge in [-0.1, -0.05) is 19.1 Å². The van der Waals surface area contributed by atoms with Gasteiger partial charge in [-0.3, -0.25) is 9.69 Å². The Hall–Kier alpha value is -1.42. The van der Waals surface area contributed by atoms with Gasteiger partial charge >= 0.3 is 0 Å². The van der Waals surface area contributed by atoms with Crippen LogP contribution in [0.2, 0.25) is 0 Å². The lowest BCUT2D eigenvalue weighted by Crippen LogP contribution is -2.43. The van der Waals surface area contributed by atoms with Crippen molar-refractivity contribution in [2.24, 2.45) is 11.7 Å². The maximum absolute atomic E-state index is 12.8. The van der Waals surface area contributed by atoms with Gasteiger partial charge in [-0.15, -0.1) is 0 Å². The summed E-state index contributed by atoms with van der Waals surface area (Å²) in [6.07, 6.45) is 2.77. The minimum Gasteiger partial charge on any atom is -0.368 e. The molecule has 1 heterocycles. The van der Waals surface area contributed by atoms with E-state index in [9.17, 15) is 9.18 Å². The number of nitrogens with zero attached hydrogens (tertiary/aromatic N) is 1. The standard InChI is InChI=1S/C15H21FN2O/c1-2-14(15(17)19)18-8-7-12(10-18)9-11-3-5-13(16)6-4-11/h3-6,12,14H,2,7-10H2,1H3,(H2,17,19). The first-order valence-electron chi connectivity index (χ1n) is 6.88. The van der Waals surface area contributed by atoms with Crippen LogP contribution in [0.25, 0.3) is 0 Å². The lowest BCUT2D eigenvalue weighted by molar-refractivity contribution is -0.123. The highest BCUT2D eigenvalue weighted by Crippen LogP contribution is 2.23. The topological polar surface area (TPSA) is 46.3 Å². The third-order valence-corrected chi connectivity index (χ3v) is 3.91. The predicted octanol–water partition coefficient (Wildman–Crippen LogP) is 1.95. The molecule has 0 radical (unpaired) electrons. The van der Waals surface area contributed by atoms with Crippen LogP contribution in [0, 0.1) is 11.7 Å². The maximum atomic E-state index is 12.8. The van der Waals surface area contributed by atoms with Gasteiger partial charge in [-0.2, -0.15) is 0 Å². The molecule has 19 heavy (non-hydrogen) atoms. The summed E-state index contributed by atoms with van der Waals surface area (Å²) in [5.41, 5.74) is 6.57. The summed E-state index contributed by atoms with van der Waals surface area (Å²) in [7, 11) is 0. The van der Waals surface area contributed by atoms with Crippen LogP contribution in [0.3, 0.4) is 0 Å². The third kappa shape index (κ3) is 3.53. The SMILES string of the molecule is CCC(C(N)=O)N1CCC(Cc2ccc(F)cc2)C1. The number of primary amides is 1. The second kappa shape index (κ2) is 6.15. The summed E-state index contributed by atoms with van der Waals surface area (Å²) >= 11 is 0. The minimum atomic E-state index is -0.232. The summed E-state index contributed by atoms with van der Waals surface area (Å²) in [6, 6.07) is 6.53. The smallest absolute Gasteiger partial charge is 0.234 e. The first-order chi connectivity index (χ1) is 9.10. The highest BCUT2D eigenvalue weighted by Gasteiger charge is 2.30. The summed E-state index contributed by atoms with van der Waals surface area (Å²) in [6.45, 7) is 3.81. The number of rotatable bonds is 5. The van der Waals surface area contributed by atoms with Crippen molar-refractivity contribution in [3.63, 3.8) is 0 Å². The normalized spacial score (nSPS) is 21.5. The lowest BCUT2D eigenvalue weighted by atomic mass is 9.99. The van der Waals surface area contributed by atoms with Crippen LogP contribution < -0.4 is 5.73 Å². The maximum Gasteiger partial charge on any atom is 0.234 e. The largest absolute Gasteiger partial charge is 0.368 e. The average molecular weight is 264 g/mol. The Labute approximate surface area is 113 Å². The molecule has 1 aliphatic rings. The van der Waals surface area contributed by atoms with Crippen LogP contribution in [-0.2, 0) is 11.2 Å². The number of hydrogen-bond acceptors (Lipinski definition) is 2. The molecular formula is C15H21FN2O. The fourth-order valence-corrected chi connectivity index (χ4v) is 2.91. The monoisotopic (exact) mass is 264 g/mol. The summed E-state index contributed by atoms with van der Waals surface area (Å²) in [5.74, 6) is 0.0976. The molecule has 0 aromatic heterocycles. The van der Waals surface area contributed by atoms with Crippen molar-refractivity contribution in [1.29, 1.82) is 0 Å². The zero-order valence-electron chi connectivity index (χ0n) is 11.3. The van der Waals surface area contributed by atoms with Crippen molar-refractivity contribution >= 4 is 5.91 Å². The third-order valence-electron chi connectivity index (χ3n) is 3.91. The predicted molar refractivity (Wildman–Crippen MR) is 73.1 cm³/mol. The van der Waals surface area contributed by atoms with Crippen LogP contribution in [0.4, 0.5) is 4.39 Å². The Morgan fingerprint density at radius 2 is 2.16 bits per heavy atom. The van der Waals surface area contributed by atoms with E-state index in [1.54, 1.807) is 0 Å². The van der Waals surface area contributed by atoms with Crippen LogP contribution in [0.15, 0.2) is 24.3 Å². The molecule has 1 amide bonds. The van der Waals surface area contributed by atoms with E-state index in [0.29, 0.717) is 5.92 Å². The molecule has 0 bridgehead atoms. The average Bonchev–Trinajstić information content (AvgIpc) is 2.81. The van der Waals surface area contributed by atoms with Gasteiger partial charge < -0.3 is 5.73 Å². The van der Waals surface area contributed by atoms with Crippen molar-refractivity contribution in [3.05, 3.63) is 35.6 Å². The van der Waals surface area contributed by atoms with E-state index in [1.165, 1.54) is 12.1 Å². The first kappa shape index (κ1) is 14.0. The summed E-state index contributed by atoms with van der Waals surface area (Å²) in [5, 5.41) is 0. The van der Waals surface area contributed by atoms with Crippen molar-refractivity contribution < 1.29 is 9.18 Å². The number of amides is 1. The van der Waals surface area contributed by atoms with Crippen LogP contribution >= 0.6 is 0 Å². The molecule has 3 nitrogen and oxygen atoms in total. The molecule has 2 atom stereocenters. The Morgan fingerprint density at radius 3 is 2.74 bits per heavy atom. The highest BCUT2D eigenvalue weighted by atomic mass is 19.1. The van der Waals surface area contributed by atoms with Crippen LogP contribution in [0.5, 0.6) is 0 Å². The quantitative estimate of drug-likeness (QED) is 0.883. The number of benzene rings is 1. The second-order valence-corrected chi connectivity index (χ2v) is 5.31. The van der Waals surface area contributed by atoms with Gasteiger partial charge in [0.15, 0.2) is 0 Å². The lowest BCUT2D eigenvalue weighted by Gasteiger charge is -2.23. The summed E-state index contributed by atoms with van der Waals surface area (Å²) < 4.78 is 12.8. The van der Waals surface area contributed by atoms with Gasteiger partial charge in [0.2, 0.25) is 5.91 Å². The number of halogens is 1. The molecule has 0 aliphatic carbocycles. The van der Waals surface area contributed by atoms with E-state index in [0.717, 1.165) is 37.9 Å². The number of hydrogen-bond donors (Lipinski definition) is 1. The zero-order valence-corrected chi connectivity index (χ0v) is 11.3. The van der Waals surface area contributed by atoms with E-state index in [-0.39, 0.29) is 17.8 Å². The molecule has 2 unspecified atom stereocenters. The molecule has 2 N–H and O–H groups in total. The Bertz CT molecular complexity index is 432. The van der Waals surface area contributed by atoms with Crippen LogP contribution in [-0.4, -0.2) is 29.9 Å².